The Balaban J connectivity index is 2.10. The molecule has 1 atom stereocenters. The van der Waals surface area contributed by atoms with Crippen molar-refractivity contribution in [1.29, 1.82) is 0 Å². The molecule has 1 amide bonds. The van der Waals surface area contributed by atoms with E-state index in [1.54, 1.807) is 0 Å². The van der Waals surface area contributed by atoms with Crippen molar-refractivity contribution in [3.63, 3.8) is 0 Å². The summed E-state index contributed by atoms with van der Waals surface area (Å²) in [5.41, 5.74) is 2.13. The van der Waals surface area contributed by atoms with Crippen LogP contribution in [0.15, 0.2) is 54.1 Å². The maximum Gasteiger partial charge on any atom is 0.295 e. The minimum absolute atomic E-state index is 0.0333. The Morgan fingerprint density at radius 2 is 1.62 bits per heavy atom. The van der Waals surface area contributed by atoms with Crippen molar-refractivity contribution in [3.8, 4) is 0 Å². The number of quaternary nitrogens is 1. The average Bonchev–Trinajstić information content (AvgIpc) is 3.03. The van der Waals surface area contributed by atoms with Gasteiger partial charge in [-0.3, -0.25) is 9.59 Å². The first-order valence-corrected chi connectivity index (χ1v) is 11.0. The van der Waals surface area contributed by atoms with Crippen molar-refractivity contribution in [2.45, 2.75) is 19.9 Å². The van der Waals surface area contributed by atoms with Gasteiger partial charge in [-0.2, -0.15) is 0 Å². The van der Waals surface area contributed by atoms with Crippen molar-refractivity contribution in [2.24, 2.45) is 0 Å². The van der Waals surface area contributed by atoms with Gasteiger partial charge in [-0.1, -0.05) is 12.1 Å². The van der Waals surface area contributed by atoms with Crippen molar-refractivity contribution in [1.82, 2.24) is 4.90 Å². The maximum atomic E-state index is 13.4. The second-order valence-corrected chi connectivity index (χ2v) is 8.22. The number of hydrogen-bond donors (Lipinski definition) is 2. The topological polar surface area (TPSA) is 65.3 Å². The molecule has 0 saturated carbocycles. The molecule has 7 heteroatoms. The summed E-state index contributed by atoms with van der Waals surface area (Å²) in [4.78, 5) is 30.8. The van der Waals surface area contributed by atoms with E-state index in [-0.39, 0.29) is 11.3 Å². The van der Waals surface area contributed by atoms with Crippen molar-refractivity contribution in [3.05, 3.63) is 71.0 Å². The summed E-state index contributed by atoms with van der Waals surface area (Å²) in [7, 11) is 3.95. The molecule has 2 aromatic carbocycles. The number of aliphatic hydroxyl groups excluding tert-OH is 1. The number of hydrogen-bond acceptors (Lipinski definition) is 4. The van der Waals surface area contributed by atoms with E-state index in [0.717, 1.165) is 29.2 Å². The Labute approximate surface area is 188 Å². The molecule has 1 fully saturated rings. The van der Waals surface area contributed by atoms with E-state index < -0.39 is 23.5 Å². The van der Waals surface area contributed by atoms with Crippen LogP contribution in [-0.2, 0) is 9.59 Å². The van der Waals surface area contributed by atoms with Gasteiger partial charge in [0.1, 0.15) is 11.6 Å². The lowest BCUT2D eigenvalue weighted by Gasteiger charge is -2.27. The molecule has 0 spiro atoms. The number of rotatable bonds is 8. The number of likely N-dealkylation sites (N-methyl/N-ethyl adjacent to an activating group) is 1. The van der Waals surface area contributed by atoms with Crippen LogP contribution in [0.25, 0.3) is 5.76 Å². The van der Waals surface area contributed by atoms with Gasteiger partial charge in [0.2, 0.25) is 0 Å². The predicted molar refractivity (Wildman–Crippen MR) is 123 cm³/mol. The largest absolute Gasteiger partial charge is 0.507 e. The number of nitrogens with zero attached hydrogens (tertiary/aromatic N) is 2. The second kappa shape index (κ2) is 9.96. The Morgan fingerprint density at radius 1 is 1.03 bits per heavy atom. The third-order valence-corrected chi connectivity index (χ3v) is 5.85. The van der Waals surface area contributed by atoms with Gasteiger partial charge < -0.3 is 19.8 Å². The number of Topliss-reactive ketones (excluding diaryl/α,β-unsaturated/α-hetero) is 1. The van der Waals surface area contributed by atoms with Gasteiger partial charge in [0.25, 0.3) is 11.7 Å². The summed E-state index contributed by atoms with van der Waals surface area (Å²) in [6.07, 6.45) is 0. The molecule has 0 aromatic heterocycles. The SMILES string of the molecule is CCN(CC)c1ccc([C@H]2C(=C(O)c3ccc(F)cc3)C(=O)C(=O)N2CC[NH+](C)C)cc1. The van der Waals surface area contributed by atoms with E-state index >= 15 is 0 Å². The van der Waals surface area contributed by atoms with Gasteiger partial charge in [-0.15, -0.1) is 0 Å². The molecular formula is C25H31FN3O3+. The van der Waals surface area contributed by atoms with Crippen LogP contribution >= 0.6 is 0 Å². The highest BCUT2D eigenvalue weighted by Gasteiger charge is 2.46. The van der Waals surface area contributed by atoms with E-state index in [9.17, 15) is 19.1 Å². The fourth-order valence-electron chi connectivity index (χ4n) is 4.02. The highest BCUT2D eigenvalue weighted by Crippen LogP contribution is 2.39. The second-order valence-electron chi connectivity index (χ2n) is 8.22. The van der Waals surface area contributed by atoms with Crippen molar-refractivity contribution in [2.75, 3.05) is 45.2 Å². The van der Waals surface area contributed by atoms with Crippen LogP contribution in [0.1, 0.15) is 31.0 Å². The van der Waals surface area contributed by atoms with Crippen LogP contribution in [0.2, 0.25) is 0 Å². The molecule has 3 rings (SSSR count). The molecular weight excluding hydrogens is 409 g/mol. The number of carbonyl (C=O) groups is 2. The van der Waals surface area contributed by atoms with Crippen LogP contribution in [0, 0.1) is 5.82 Å². The molecule has 2 N–H and O–H groups in total. The van der Waals surface area contributed by atoms with Gasteiger partial charge in [0.05, 0.1) is 38.8 Å². The minimum Gasteiger partial charge on any atom is -0.507 e. The number of amides is 1. The van der Waals surface area contributed by atoms with Crippen molar-refractivity contribution >= 4 is 23.1 Å². The van der Waals surface area contributed by atoms with Crippen LogP contribution in [0.4, 0.5) is 10.1 Å². The highest BCUT2D eigenvalue weighted by molar-refractivity contribution is 6.46. The number of ketones is 1. The van der Waals surface area contributed by atoms with Crippen molar-refractivity contribution < 1.29 is 24.0 Å². The molecule has 0 aliphatic carbocycles. The molecule has 2 aromatic rings. The zero-order chi connectivity index (χ0) is 23.4. The fraction of sp³-hybridized carbons (Fsp3) is 0.360. The summed E-state index contributed by atoms with van der Waals surface area (Å²) >= 11 is 0. The van der Waals surface area contributed by atoms with Crippen LogP contribution in [0.5, 0.6) is 0 Å². The number of likely N-dealkylation sites (tertiary alicyclic amines) is 1. The molecule has 0 radical (unpaired) electrons. The number of anilines is 1. The van der Waals surface area contributed by atoms with Crippen LogP contribution < -0.4 is 9.80 Å². The number of benzene rings is 2. The zero-order valence-electron chi connectivity index (χ0n) is 19.1. The normalized spacial score (nSPS) is 17.9. The first-order valence-electron chi connectivity index (χ1n) is 11.0. The summed E-state index contributed by atoms with van der Waals surface area (Å²) in [5.74, 6) is -2.09. The monoisotopic (exact) mass is 440 g/mol. The van der Waals surface area contributed by atoms with Gasteiger partial charge in [0.15, 0.2) is 0 Å². The molecule has 0 unspecified atom stereocenters. The summed E-state index contributed by atoms with van der Waals surface area (Å²) in [6.45, 7) is 6.92. The Kier molecular flexibility index (Phi) is 7.30. The van der Waals surface area contributed by atoms with Crippen LogP contribution in [0.3, 0.4) is 0 Å². The lowest BCUT2D eigenvalue weighted by atomic mass is 9.95. The number of halogens is 1. The molecule has 1 aliphatic heterocycles. The smallest absolute Gasteiger partial charge is 0.295 e. The van der Waals surface area contributed by atoms with Gasteiger partial charge in [-0.25, -0.2) is 4.39 Å². The molecule has 32 heavy (non-hydrogen) atoms. The van der Waals surface area contributed by atoms with E-state index in [2.05, 4.69) is 18.7 Å². The van der Waals surface area contributed by atoms with Crippen LogP contribution in [-0.4, -0.2) is 62.0 Å². The number of carbonyl (C=O) groups excluding carboxylic acids is 2. The summed E-state index contributed by atoms with van der Waals surface area (Å²) < 4.78 is 13.4. The third-order valence-electron chi connectivity index (χ3n) is 5.85. The van der Waals surface area contributed by atoms with E-state index in [1.165, 1.54) is 29.2 Å². The minimum atomic E-state index is -0.724. The molecule has 1 saturated heterocycles. The molecule has 1 aliphatic rings. The molecule has 1 heterocycles. The van der Waals surface area contributed by atoms with E-state index in [4.69, 9.17) is 0 Å². The summed E-state index contributed by atoms with van der Waals surface area (Å²) in [6, 6.07) is 12.3. The Hall–Kier alpha value is -3.19. The first kappa shape index (κ1) is 23.5. The number of nitrogens with one attached hydrogen (secondary N) is 1. The summed E-state index contributed by atoms with van der Waals surface area (Å²) in [5, 5.41) is 11.0. The third kappa shape index (κ3) is 4.67. The predicted octanol–water partition coefficient (Wildman–Crippen LogP) is 2.24. The quantitative estimate of drug-likeness (QED) is 0.375. The Bertz CT molecular complexity index is 996. The van der Waals surface area contributed by atoms with E-state index in [1.807, 2.05) is 38.4 Å². The first-order chi connectivity index (χ1) is 15.3. The maximum absolute atomic E-state index is 13.4. The standard InChI is InChI=1S/C25H30FN3O3/c1-5-28(6-2)20-13-9-17(10-14-20)22-21(23(30)18-7-11-19(26)12-8-18)24(31)25(32)29(22)16-15-27(3)4/h7-14,22,30H,5-6,15-16H2,1-4H3/p+1/t22-/m0/s1. The lowest BCUT2D eigenvalue weighted by Crippen LogP contribution is -3.06. The molecule has 170 valence electrons. The van der Waals surface area contributed by atoms with Gasteiger partial charge in [0, 0.05) is 24.3 Å². The van der Waals surface area contributed by atoms with Gasteiger partial charge >= 0.3 is 0 Å². The average molecular weight is 441 g/mol. The lowest BCUT2D eigenvalue weighted by molar-refractivity contribution is -0.857. The van der Waals surface area contributed by atoms with Gasteiger partial charge in [-0.05, 0) is 55.8 Å². The number of aliphatic hydroxyl groups is 1. The highest BCUT2D eigenvalue weighted by atomic mass is 19.1. The molecule has 0 bridgehead atoms. The zero-order valence-corrected chi connectivity index (χ0v) is 19.1. The fourth-order valence-corrected chi connectivity index (χ4v) is 4.02. The van der Waals surface area contributed by atoms with E-state index in [0.29, 0.717) is 18.7 Å². The Morgan fingerprint density at radius 3 is 2.16 bits per heavy atom. The molecule has 6 nitrogen and oxygen atoms in total.